The standard InChI is InChI=1S/C17H20N4O2/c1-12-2-3-13-14(10-12)19-16-15(13)18-11-21(17(16)22)5-4-20-6-8-23-9-7-20/h2-3,10-11,19H,4-9H2,1H3. The Kier molecular flexibility index (Phi) is 3.63. The van der Waals surface area contributed by atoms with Crippen molar-refractivity contribution in [1.29, 1.82) is 0 Å². The van der Waals surface area contributed by atoms with Crippen molar-refractivity contribution in [3.63, 3.8) is 0 Å². The quantitative estimate of drug-likeness (QED) is 0.796. The van der Waals surface area contributed by atoms with E-state index in [4.69, 9.17) is 4.74 Å². The maximum absolute atomic E-state index is 12.7. The summed E-state index contributed by atoms with van der Waals surface area (Å²) in [5, 5.41) is 1.00. The number of aromatic amines is 1. The number of nitrogens with zero attached hydrogens (tertiary/aromatic N) is 3. The third-order valence-electron chi connectivity index (χ3n) is 4.49. The van der Waals surface area contributed by atoms with Crippen LogP contribution in [0.4, 0.5) is 0 Å². The van der Waals surface area contributed by atoms with Crippen molar-refractivity contribution >= 4 is 21.9 Å². The third kappa shape index (κ3) is 2.64. The summed E-state index contributed by atoms with van der Waals surface area (Å²) in [4.78, 5) is 22.8. The normalized spacial score (nSPS) is 16.4. The minimum atomic E-state index is -0.00267. The largest absolute Gasteiger partial charge is 0.379 e. The number of benzene rings is 1. The summed E-state index contributed by atoms with van der Waals surface area (Å²) in [6.07, 6.45) is 1.66. The highest BCUT2D eigenvalue weighted by atomic mass is 16.5. The molecule has 1 fully saturated rings. The fourth-order valence-electron chi connectivity index (χ4n) is 3.14. The molecule has 4 rings (SSSR count). The van der Waals surface area contributed by atoms with E-state index in [0.29, 0.717) is 12.1 Å². The average molecular weight is 312 g/mol. The Morgan fingerprint density at radius 1 is 1.26 bits per heavy atom. The molecule has 3 aromatic rings. The Morgan fingerprint density at radius 2 is 2.09 bits per heavy atom. The number of morpholine rings is 1. The first-order valence-electron chi connectivity index (χ1n) is 8.00. The molecule has 6 heteroatoms. The molecule has 0 saturated carbocycles. The summed E-state index contributed by atoms with van der Waals surface area (Å²) in [5.41, 5.74) is 3.48. The van der Waals surface area contributed by atoms with Crippen LogP contribution in [0.5, 0.6) is 0 Å². The lowest BCUT2D eigenvalue weighted by Gasteiger charge is -2.26. The van der Waals surface area contributed by atoms with Crippen LogP contribution in [0.3, 0.4) is 0 Å². The molecule has 0 atom stereocenters. The molecule has 0 unspecified atom stereocenters. The first kappa shape index (κ1) is 14.4. The maximum Gasteiger partial charge on any atom is 0.277 e. The molecule has 0 radical (unpaired) electrons. The molecule has 1 aliphatic heterocycles. The second-order valence-electron chi connectivity index (χ2n) is 6.09. The van der Waals surface area contributed by atoms with Crippen LogP contribution in [0.2, 0.25) is 0 Å². The molecule has 1 N–H and O–H groups in total. The average Bonchev–Trinajstić information content (AvgIpc) is 2.93. The molecular weight excluding hydrogens is 292 g/mol. The number of nitrogens with one attached hydrogen (secondary N) is 1. The first-order chi connectivity index (χ1) is 11.2. The smallest absolute Gasteiger partial charge is 0.277 e. The van der Waals surface area contributed by atoms with E-state index in [2.05, 4.69) is 20.9 Å². The lowest BCUT2D eigenvalue weighted by molar-refractivity contribution is 0.0362. The summed E-state index contributed by atoms with van der Waals surface area (Å²) < 4.78 is 7.04. The fraction of sp³-hybridized carbons (Fsp3) is 0.412. The van der Waals surface area contributed by atoms with E-state index in [-0.39, 0.29) is 5.56 Å². The number of ether oxygens (including phenoxy) is 1. The van der Waals surface area contributed by atoms with Crippen LogP contribution in [-0.2, 0) is 11.3 Å². The predicted octanol–water partition coefficient (Wildman–Crippen LogP) is 1.52. The van der Waals surface area contributed by atoms with Crippen LogP contribution >= 0.6 is 0 Å². The number of hydrogen-bond acceptors (Lipinski definition) is 4. The Hall–Kier alpha value is -2.18. The van der Waals surface area contributed by atoms with Gasteiger partial charge >= 0.3 is 0 Å². The zero-order chi connectivity index (χ0) is 15.8. The Balaban J connectivity index is 1.67. The topological polar surface area (TPSA) is 63.2 Å². The Morgan fingerprint density at radius 3 is 2.91 bits per heavy atom. The van der Waals surface area contributed by atoms with Crippen molar-refractivity contribution in [3.05, 3.63) is 40.4 Å². The van der Waals surface area contributed by atoms with Gasteiger partial charge < -0.3 is 9.72 Å². The molecule has 23 heavy (non-hydrogen) atoms. The van der Waals surface area contributed by atoms with E-state index < -0.39 is 0 Å². The van der Waals surface area contributed by atoms with Gasteiger partial charge in [-0.3, -0.25) is 14.3 Å². The summed E-state index contributed by atoms with van der Waals surface area (Å²) in [5.74, 6) is 0. The molecule has 0 amide bonds. The van der Waals surface area contributed by atoms with Gasteiger partial charge in [0.25, 0.3) is 5.56 Å². The van der Waals surface area contributed by atoms with Gasteiger partial charge in [-0.15, -0.1) is 0 Å². The molecular formula is C17H20N4O2. The second-order valence-corrected chi connectivity index (χ2v) is 6.09. The fourth-order valence-corrected chi connectivity index (χ4v) is 3.14. The van der Waals surface area contributed by atoms with Crippen LogP contribution in [0, 0.1) is 6.92 Å². The Labute approximate surface area is 133 Å². The van der Waals surface area contributed by atoms with Crippen LogP contribution in [0.15, 0.2) is 29.3 Å². The van der Waals surface area contributed by atoms with Gasteiger partial charge in [0.05, 0.1) is 19.5 Å². The number of hydrogen-bond donors (Lipinski definition) is 1. The predicted molar refractivity (Wildman–Crippen MR) is 89.9 cm³/mol. The Bertz CT molecular complexity index is 906. The number of fused-ring (bicyclic) bond motifs is 3. The van der Waals surface area contributed by atoms with Crippen molar-refractivity contribution in [2.75, 3.05) is 32.8 Å². The second kappa shape index (κ2) is 5.79. The maximum atomic E-state index is 12.7. The molecule has 120 valence electrons. The summed E-state index contributed by atoms with van der Waals surface area (Å²) in [6.45, 7) is 6.93. The molecule has 6 nitrogen and oxygen atoms in total. The molecule has 1 aromatic carbocycles. The lowest BCUT2D eigenvalue weighted by atomic mass is 10.2. The van der Waals surface area contributed by atoms with Gasteiger partial charge in [0.2, 0.25) is 0 Å². The number of rotatable bonds is 3. The third-order valence-corrected chi connectivity index (χ3v) is 4.49. The van der Waals surface area contributed by atoms with Crippen molar-refractivity contribution in [2.24, 2.45) is 0 Å². The molecule has 1 aliphatic rings. The van der Waals surface area contributed by atoms with E-state index in [0.717, 1.165) is 54.8 Å². The minimum absolute atomic E-state index is 0.00267. The van der Waals surface area contributed by atoms with Gasteiger partial charge in [-0.1, -0.05) is 12.1 Å². The molecule has 0 bridgehead atoms. The van der Waals surface area contributed by atoms with Gasteiger partial charge in [-0.25, -0.2) is 4.98 Å². The summed E-state index contributed by atoms with van der Waals surface area (Å²) in [6, 6.07) is 6.11. The number of aryl methyl sites for hydroxylation is 1. The number of aromatic nitrogens is 3. The molecule has 3 heterocycles. The molecule has 1 saturated heterocycles. The van der Waals surface area contributed by atoms with Gasteiger partial charge in [0, 0.05) is 37.1 Å². The molecule has 0 aliphatic carbocycles. The molecule has 0 spiro atoms. The van der Waals surface area contributed by atoms with Crippen molar-refractivity contribution < 1.29 is 4.74 Å². The van der Waals surface area contributed by atoms with E-state index >= 15 is 0 Å². The minimum Gasteiger partial charge on any atom is -0.379 e. The van der Waals surface area contributed by atoms with Gasteiger partial charge in [0.1, 0.15) is 11.0 Å². The zero-order valence-electron chi connectivity index (χ0n) is 13.2. The van der Waals surface area contributed by atoms with Gasteiger partial charge in [-0.05, 0) is 18.6 Å². The van der Waals surface area contributed by atoms with E-state index in [1.54, 1.807) is 10.9 Å². The van der Waals surface area contributed by atoms with Gasteiger partial charge in [0.15, 0.2) is 0 Å². The highest BCUT2D eigenvalue weighted by Gasteiger charge is 2.13. The highest BCUT2D eigenvalue weighted by molar-refractivity contribution is 6.04. The van der Waals surface area contributed by atoms with Crippen LogP contribution in [0.1, 0.15) is 5.56 Å². The van der Waals surface area contributed by atoms with E-state index in [1.807, 2.05) is 19.1 Å². The van der Waals surface area contributed by atoms with E-state index in [9.17, 15) is 4.79 Å². The van der Waals surface area contributed by atoms with Crippen molar-refractivity contribution in [1.82, 2.24) is 19.4 Å². The van der Waals surface area contributed by atoms with Crippen molar-refractivity contribution in [3.8, 4) is 0 Å². The van der Waals surface area contributed by atoms with Gasteiger partial charge in [-0.2, -0.15) is 0 Å². The lowest BCUT2D eigenvalue weighted by Crippen LogP contribution is -2.39. The van der Waals surface area contributed by atoms with E-state index in [1.165, 1.54) is 0 Å². The molecule has 2 aromatic heterocycles. The first-order valence-corrected chi connectivity index (χ1v) is 8.00. The van der Waals surface area contributed by atoms with Crippen LogP contribution < -0.4 is 5.56 Å². The monoisotopic (exact) mass is 312 g/mol. The highest BCUT2D eigenvalue weighted by Crippen LogP contribution is 2.22. The van der Waals surface area contributed by atoms with Crippen LogP contribution in [0.25, 0.3) is 21.9 Å². The van der Waals surface area contributed by atoms with Crippen LogP contribution in [-0.4, -0.2) is 52.3 Å². The van der Waals surface area contributed by atoms with Crippen molar-refractivity contribution in [2.45, 2.75) is 13.5 Å². The SMILES string of the molecule is Cc1ccc2c(c1)[nH]c1c(=O)n(CCN3CCOCC3)cnc12. The summed E-state index contributed by atoms with van der Waals surface area (Å²) >= 11 is 0. The zero-order valence-corrected chi connectivity index (χ0v) is 13.2. The summed E-state index contributed by atoms with van der Waals surface area (Å²) in [7, 11) is 0. The number of H-pyrrole nitrogens is 1.